The molecule has 3 aromatic rings. The van der Waals surface area contributed by atoms with Gasteiger partial charge in [0.2, 0.25) is 0 Å². The van der Waals surface area contributed by atoms with Crippen LogP contribution in [0, 0.1) is 0 Å². The maximum absolute atomic E-state index is 6.27. The minimum Gasteiger partial charge on any atom is -0.460 e. The number of piperidine rings is 1. The van der Waals surface area contributed by atoms with Crippen LogP contribution in [0.2, 0.25) is 10.0 Å². The van der Waals surface area contributed by atoms with Crippen molar-refractivity contribution in [1.82, 2.24) is 10.2 Å². The second-order valence-corrected chi connectivity index (χ2v) is 8.15. The van der Waals surface area contributed by atoms with Gasteiger partial charge in [0.15, 0.2) is 0 Å². The van der Waals surface area contributed by atoms with Crippen molar-refractivity contribution in [3.8, 4) is 11.3 Å². The van der Waals surface area contributed by atoms with Crippen LogP contribution in [0.15, 0.2) is 65.1 Å². The third-order valence-electron chi connectivity index (χ3n) is 5.26. The molecule has 0 radical (unpaired) electrons. The number of benzene rings is 2. The zero-order valence-corrected chi connectivity index (χ0v) is 19.7. The maximum Gasteiger partial charge on any atom is 0.135 e. The van der Waals surface area contributed by atoms with Gasteiger partial charge in [-0.05, 0) is 61.8 Å². The molecule has 0 bridgehead atoms. The Morgan fingerprint density at radius 2 is 1.67 bits per heavy atom. The third kappa shape index (κ3) is 6.65. The number of halogens is 4. The van der Waals surface area contributed by atoms with Gasteiger partial charge in [-0.3, -0.25) is 4.90 Å². The monoisotopic (exact) mass is 486 g/mol. The molecule has 2 heterocycles. The summed E-state index contributed by atoms with van der Waals surface area (Å²) in [4.78, 5) is 2.53. The van der Waals surface area contributed by atoms with Crippen molar-refractivity contribution in [3.63, 3.8) is 0 Å². The Morgan fingerprint density at radius 3 is 2.40 bits per heavy atom. The van der Waals surface area contributed by atoms with Gasteiger partial charge in [-0.2, -0.15) is 0 Å². The van der Waals surface area contributed by atoms with Gasteiger partial charge >= 0.3 is 0 Å². The van der Waals surface area contributed by atoms with E-state index in [9.17, 15) is 0 Å². The maximum atomic E-state index is 6.27. The molecule has 7 heteroatoms. The SMILES string of the molecule is Cl.Cl.Clc1ccc(Cl)c(-c2ccc(CNC3CCN(Cc4ccccc4)CC3)o2)c1. The molecule has 1 aliphatic heterocycles. The van der Waals surface area contributed by atoms with Gasteiger partial charge in [-0.1, -0.05) is 53.5 Å². The van der Waals surface area contributed by atoms with Gasteiger partial charge in [-0.15, -0.1) is 24.8 Å². The van der Waals surface area contributed by atoms with E-state index in [1.165, 1.54) is 5.56 Å². The van der Waals surface area contributed by atoms with E-state index in [2.05, 4.69) is 40.5 Å². The van der Waals surface area contributed by atoms with Crippen molar-refractivity contribution in [3.05, 3.63) is 82.0 Å². The van der Waals surface area contributed by atoms with Gasteiger partial charge in [0.05, 0.1) is 11.6 Å². The molecule has 1 saturated heterocycles. The fourth-order valence-corrected chi connectivity index (χ4v) is 4.07. The smallest absolute Gasteiger partial charge is 0.135 e. The number of hydrogen-bond acceptors (Lipinski definition) is 3. The second kappa shape index (κ2) is 12.0. The highest BCUT2D eigenvalue weighted by Crippen LogP contribution is 2.31. The van der Waals surface area contributed by atoms with E-state index < -0.39 is 0 Å². The average molecular weight is 488 g/mol. The van der Waals surface area contributed by atoms with Crippen LogP contribution >= 0.6 is 48.0 Å². The van der Waals surface area contributed by atoms with Gasteiger partial charge in [0, 0.05) is 23.2 Å². The highest BCUT2D eigenvalue weighted by molar-refractivity contribution is 6.35. The molecule has 0 amide bonds. The van der Waals surface area contributed by atoms with E-state index in [1.54, 1.807) is 12.1 Å². The zero-order valence-electron chi connectivity index (χ0n) is 16.5. The lowest BCUT2D eigenvalue weighted by Crippen LogP contribution is -2.41. The Hall–Kier alpha value is -1.20. The third-order valence-corrected chi connectivity index (χ3v) is 5.82. The normalized spacial score (nSPS) is 14.7. The van der Waals surface area contributed by atoms with Crippen molar-refractivity contribution in [2.24, 2.45) is 0 Å². The summed E-state index contributed by atoms with van der Waals surface area (Å²) < 4.78 is 5.98. The summed E-state index contributed by atoms with van der Waals surface area (Å²) >= 11 is 12.4. The number of likely N-dealkylation sites (tertiary alicyclic amines) is 1. The largest absolute Gasteiger partial charge is 0.460 e. The summed E-state index contributed by atoms with van der Waals surface area (Å²) in [6.45, 7) is 4.00. The first kappa shape index (κ1) is 25.1. The van der Waals surface area contributed by atoms with Gasteiger partial charge < -0.3 is 9.73 Å². The Labute approximate surface area is 200 Å². The lowest BCUT2D eigenvalue weighted by molar-refractivity contribution is 0.189. The molecule has 4 rings (SSSR count). The summed E-state index contributed by atoms with van der Waals surface area (Å²) in [5, 5.41) is 4.93. The lowest BCUT2D eigenvalue weighted by Gasteiger charge is -2.32. The summed E-state index contributed by atoms with van der Waals surface area (Å²) in [5.41, 5.74) is 2.21. The van der Waals surface area contributed by atoms with E-state index >= 15 is 0 Å². The Bertz CT molecular complexity index is 909. The van der Waals surface area contributed by atoms with Crippen molar-refractivity contribution >= 4 is 48.0 Å². The molecule has 1 N–H and O–H groups in total. The van der Waals surface area contributed by atoms with E-state index in [0.29, 0.717) is 16.1 Å². The number of rotatable bonds is 6. The molecule has 30 heavy (non-hydrogen) atoms. The molecule has 2 aromatic carbocycles. The molecule has 0 atom stereocenters. The topological polar surface area (TPSA) is 28.4 Å². The molecular weight excluding hydrogens is 462 g/mol. The minimum atomic E-state index is 0. The quantitative estimate of drug-likeness (QED) is 0.412. The number of nitrogens with one attached hydrogen (secondary N) is 1. The second-order valence-electron chi connectivity index (χ2n) is 7.31. The van der Waals surface area contributed by atoms with Crippen LogP contribution in [-0.2, 0) is 13.1 Å². The van der Waals surface area contributed by atoms with E-state index in [4.69, 9.17) is 27.6 Å². The summed E-state index contributed by atoms with van der Waals surface area (Å²) in [7, 11) is 0. The van der Waals surface area contributed by atoms with Crippen molar-refractivity contribution < 1.29 is 4.42 Å². The van der Waals surface area contributed by atoms with E-state index in [-0.39, 0.29) is 24.8 Å². The Balaban J connectivity index is 0.00000160. The number of nitrogens with zero attached hydrogens (tertiary/aromatic N) is 1. The Kier molecular flexibility index (Phi) is 10.0. The van der Waals surface area contributed by atoms with E-state index in [1.807, 2.05) is 18.2 Å². The van der Waals surface area contributed by atoms with Crippen LogP contribution in [0.3, 0.4) is 0 Å². The van der Waals surface area contributed by atoms with Crippen LogP contribution < -0.4 is 5.32 Å². The minimum absolute atomic E-state index is 0. The van der Waals surface area contributed by atoms with Crippen molar-refractivity contribution in [2.45, 2.75) is 32.0 Å². The van der Waals surface area contributed by atoms with Crippen molar-refractivity contribution in [2.75, 3.05) is 13.1 Å². The standard InChI is InChI=1S/C23H24Cl2N2O.2ClH/c24-18-6-8-22(25)21(14-18)23-9-7-20(28-23)15-26-19-10-12-27(13-11-19)16-17-4-2-1-3-5-17;;/h1-9,14,19,26H,10-13,15-16H2;2*1H. The number of hydrogen-bond donors (Lipinski definition) is 1. The predicted octanol–water partition coefficient (Wildman–Crippen LogP) is 6.85. The molecule has 1 fully saturated rings. The Morgan fingerprint density at radius 1 is 0.933 bits per heavy atom. The number of furan rings is 1. The van der Waals surface area contributed by atoms with Crippen LogP contribution in [-0.4, -0.2) is 24.0 Å². The highest BCUT2D eigenvalue weighted by Gasteiger charge is 2.19. The van der Waals surface area contributed by atoms with Crippen LogP contribution in [0.25, 0.3) is 11.3 Å². The molecule has 1 aromatic heterocycles. The van der Waals surface area contributed by atoms with Crippen LogP contribution in [0.4, 0.5) is 0 Å². The van der Waals surface area contributed by atoms with Crippen LogP contribution in [0.1, 0.15) is 24.2 Å². The molecule has 0 unspecified atom stereocenters. The highest BCUT2D eigenvalue weighted by atomic mass is 35.5. The first-order valence-electron chi connectivity index (χ1n) is 9.71. The molecule has 0 saturated carbocycles. The fraction of sp³-hybridized carbons (Fsp3) is 0.304. The molecule has 0 aliphatic carbocycles. The van der Waals surface area contributed by atoms with Gasteiger partial charge in [0.25, 0.3) is 0 Å². The van der Waals surface area contributed by atoms with Gasteiger partial charge in [-0.25, -0.2) is 0 Å². The first-order valence-corrected chi connectivity index (χ1v) is 10.5. The predicted molar refractivity (Wildman–Crippen MR) is 130 cm³/mol. The first-order chi connectivity index (χ1) is 13.7. The van der Waals surface area contributed by atoms with Crippen molar-refractivity contribution in [1.29, 1.82) is 0 Å². The molecule has 3 nitrogen and oxygen atoms in total. The molecular formula is C23H26Cl4N2O. The van der Waals surface area contributed by atoms with E-state index in [0.717, 1.165) is 56.1 Å². The zero-order chi connectivity index (χ0) is 19.3. The fourth-order valence-electron chi connectivity index (χ4n) is 3.69. The van der Waals surface area contributed by atoms with Gasteiger partial charge in [0.1, 0.15) is 11.5 Å². The molecule has 1 aliphatic rings. The summed E-state index contributed by atoms with van der Waals surface area (Å²) in [6.07, 6.45) is 2.31. The summed E-state index contributed by atoms with van der Waals surface area (Å²) in [5.74, 6) is 1.67. The lowest BCUT2D eigenvalue weighted by atomic mass is 10.0. The molecule has 0 spiro atoms. The average Bonchev–Trinajstić information content (AvgIpc) is 3.19. The van der Waals surface area contributed by atoms with Crippen LogP contribution in [0.5, 0.6) is 0 Å². The summed E-state index contributed by atoms with van der Waals surface area (Å²) in [6, 6.07) is 20.6. The molecule has 162 valence electrons.